The number of nitrogens with one attached hydrogen (secondary N) is 1. The van der Waals surface area contributed by atoms with Crippen molar-refractivity contribution in [2.45, 2.75) is 32.6 Å². The minimum Gasteiger partial charge on any atom is -0.397 e. The van der Waals surface area contributed by atoms with Gasteiger partial charge in [-0.2, -0.15) is 5.10 Å². The first-order valence-electron chi connectivity index (χ1n) is 6.70. The zero-order chi connectivity index (χ0) is 15.8. The average Bonchev–Trinajstić information content (AvgIpc) is 2.67. The Morgan fingerprint density at radius 3 is 2.48 bits per heavy atom. The molecule has 114 valence electrons. The number of aromatic nitrogens is 2. The van der Waals surface area contributed by atoms with Gasteiger partial charge in [0, 0.05) is 12.2 Å². The van der Waals surface area contributed by atoms with Crippen LogP contribution in [-0.2, 0) is 10.0 Å². The second-order valence-electron chi connectivity index (χ2n) is 4.93. The molecule has 0 radical (unpaired) electrons. The van der Waals surface area contributed by atoms with Gasteiger partial charge < -0.3 is 5.73 Å². The van der Waals surface area contributed by atoms with E-state index >= 15 is 0 Å². The van der Waals surface area contributed by atoms with Crippen molar-refractivity contribution < 1.29 is 8.42 Å². The molecule has 7 heteroatoms. The van der Waals surface area contributed by atoms with Crippen LogP contribution in [-0.4, -0.2) is 24.7 Å². The quantitative estimate of drug-likeness (QED) is 0.841. The van der Waals surface area contributed by atoms with Gasteiger partial charge >= 0.3 is 0 Å². The van der Waals surface area contributed by atoms with Gasteiger partial charge in [0.05, 0.1) is 22.0 Å². The van der Waals surface area contributed by atoms with Crippen LogP contribution in [0.25, 0.3) is 5.69 Å². The summed E-state index contributed by atoms with van der Waals surface area (Å²) in [6, 6.07) is 4.63. The number of anilines is 1. The molecular weight excluding hydrogens is 288 g/mol. The summed E-state index contributed by atoms with van der Waals surface area (Å²) in [7, 11) is -3.52. The van der Waals surface area contributed by atoms with Crippen LogP contribution in [0.3, 0.4) is 0 Å². The van der Waals surface area contributed by atoms with E-state index in [0.717, 1.165) is 17.0 Å². The summed E-state index contributed by atoms with van der Waals surface area (Å²) < 4.78 is 28.4. The van der Waals surface area contributed by atoms with E-state index in [0.29, 0.717) is 17.9 Å². The molecule has 0 saturated heterocycles. The Kier molecular flexibility index (Phi) is 4.06. The van der Waals surface area contributed by atoms with Crippen molar-refractivity contribution in [1.82, 2.24) is 14.5 Å². The molecule has 1 aromatic carbocycles. The van der Waals surface area contributed by atoms with Crippen molar-refractivity contribution in [3.8, 4) is 5.69 Å². The number of hydrogen-bond donors (Lipinski definition) is 2. The van der Waals surface area contributed by atoms with Gasteiger partial charge in [0.2, 0.25) is 10.0 Å². The lowest BCUT2D eigenvalue weighted by Gasteiger charge is -2.11. The predicted octanol–water partition coefficient (Wildman–Crippen LogP) is 1.68. The Labute approximate surface area is 125 Å². The lowest BCUT2D eigenvalue weighted by atomic mass is 10.2. The molecular formula is C14H20N4O2S. The molecule has 2 rings (SSSR count). The lowest BCUT2D eigenvalue weighted by molar-refractivity contribution is 0.584. The summed E-state index contributed by atoms with van der Waals surface area (Å²) >= 11 is 0. The number of nitrogens with zero attached hydrogens (tertiary/aromatic N) is 2. The SMILES string of the molecule is CCNS(=O)(=O)c1ccc(N)c(-n2nc(C)c(C)c2C)c1. The Morgan fingerprint density at radius 2 is 1.95 bits per heavy atom. The van der Waals surface area contributed by atoms with Crippen molar-refractivity contribution in [3.63, 3.8) is 0 Å². The highest BCUT2D eigenvalue weighted by Gasteiger charge is 2.17. The van der Waals surface area contributed by atoms with Crippen molar-refractivity contribution in [3.05, 3.63) is 35.2 Å². The van der Waals surface area contributed by atoms with E-state index in [1.165, 1.54) is 6.07 Å². The Morgan fingerprint density at radius 1 is 1.29 bits per heavy atom. The molecule has 21 heavy (non-hydrogen) atoms. The fourth-order valence-corrected chi connectivity index (χ4v) is 3.16. The van der Waals surface area contributed by atoms with Crippen LogP contribution in [0.4, 0.5) is 5.69 Å². The van der Waals surface area contributed by atoms with E-state index in [-0.39, 0.29) is 4.90 Å². The van der Waals surface area contributed by atoms with Gasteiger partial charge in [0.1, 0.15) is 0 Å². The summed E-state index contributed by atoms with van der Waals surface area (Å²) in [5.74, 6) is 0. The van der Waals surface area contributed by atoms with Crippen LogP contribution >= 0.6 is 0 Å². The van der Waals surface area contributed by atoms with E-state index in [1.807, 2.05) is 20.8 Å². The fourth-order valence-electron chi connectivity index (χ4n) is 2.10. The molecule has 0 aliphatic rings. The summed E-state index contributed by atoms with van der Waals surface area (Å²) in [6.45, 7) is 7.89. The lowest BCUT2D eigenvalue weighted by Crippen LogP contribution is -2.23. The summed E-state index contributed by atoms with van der Waals surface area (Å²) in [4.78, 5) is 0.179. The Balaban J connectivity index is 2.62. The molecule has 0 amide bonds. The largest absolute Gasteiger partial charge is 0.397 e. The monoisotopic (exact) mass is 308 g/mol. The first kappa shape index (κ1) is 15.5. The van der Waals surface area contributed by atoms with Crippen molar-refractivity contribution >= 4 is 15.7 Å². The van der Waals surface area contributed by atoms with E-state index in [2.05, 4.69) is 9.82 Å². The molecule has 3 N–H and O–H groups in total. The highest BCUT2D eigenvalue weighted by molar-refractivity contribution is 7.89. The van der Waals surface area contributed by atoms with Gasteiger partial charge in [0.15, 0.2) is 0 Å². The van der Waals surface area contributed by atoms with Gasteiger partial charge in [-0.25, -0.2) is 17.8 Å². The van der Waals surface area contributed by atoms with Gasteiger partial charge in [-0.15, -0.1) is 0 Å². The minimum absolute atomic E-state index is 0.179. The Bertz CT molecular complexity index is 779. The first-order valence-corrected chi connectivity index (χ1v) is 8.18. The van der Waals surface area contributed by atoms with Crippen LogP contribution in [0, 0.1) is 20.8 Å². The Hall–Kier alpha value is -1.86. The fraction of sp³-hybridized carbons (Fsp3) is 0.357. The second-order valence-corrected chi connectivity index (χ2v) is 6.70. The molecule has 6 nitrogen and oxygen atoms in total. The third-order valence-electron chi connectivity index (χ3n) is 3.53. The zero-order valence-corrected chi connectivity index (χ0v) is 13.5. The molecule has 0 atom stereocenters. The molecule has 1 heterocycles. The number of aryl methyl sites for hydroxylation is 1. The summed E-state index contributed by atoms with van der Waals surface area (Å²) in [6.07, 6.45) is 0. The van der Waals surface area contributed by atoms with Gasteiger partial charge in [-0.05, 0) is 44.5 Å². The highest BCUT2D eigenvalue weighted by atomic mass is 32.2. The maximum atomic E-state index is 12.1. The van der Waals surface area contributed by atoms with E-state index < -0.39 is 10.0 Å². The molecule has 0 spiro atoms. The maximum Gasteiger partial charge on any atom is 0.240 e. The predicted molar refractivity (Wildman–Crippen MR) is 83.0 cm³/mol. The third-order valence-corrected chi connectivity index (χ3v) is 5.07. The zero-order valence-electron chi connectivity index (χ0n) is 12.6. The van der Waals surface area contributed by atoms with Gasteiger partial charge in [0.25, 0.3) is 0 Å². The molecule has 1 aromatic heterocycles. The van der Waals surface area contributed by atoms with E-state index in [9.17, 15) is 8.42 Å². The topological polar surface area (TPSA) is 90.0 Å². The van der Waals surface area contributed by atoms with Crippen molar-refractivity contribution in [2.24, 2.45) is 0 Å². The second kappa shape index (κ2) is 5.50. The van der Waals surface area contributed by atoms with Crippen molar-refractivity contribution in [2.75, 3.05) is 12.3 Å². The third kappa shape index (κ3) is 2.79. The smallest absolute Gasteiger partial charge is 0.240 e. The number of nitrogen functional groups attached to an aromatic ring is 1. The highest BCUT2D eigenvalue weighted by Crippen LogP contribution is 2.24. The molecule has 0 aliphatic carbocycles. The molecule has 0 unspecified atom stereocenters. The number of hydrogen-bond acceptors (Lipinski definition) is 4. The summed E-state index contributed by atoms with van der Waals surface area (Å²) in [5, 5.41) is 4.43. The minimum atomic E-state index is -3.52. The van der Waals surface area contributed by atoms with Crippen LogP contribution in [0.2, 0.25) is 0 Å². The molecule has 0 saturated carbocycles. The van der Waals surface area contributed by atoms with E-state index in [4.69, 9.17) is 5.73 Å². The first-order chi connectivity index (χ1) is 9.77. The molecule has 0 aliphatic heterocycles. The number of benzene rings is 1. The van der Waals surface area contributed by atoms with E-state index in [1.54, 1.807) is 23.7 Å². The molecule has 0 bridgehead atoms. The van der Waals surface area contributed by atoms with Crippen LogP contribution in [0.1, 0.15) is 23.9 Å². The van der Waals surface area contributed by atoms with Crippen molar-refractivity contribution in [1.29, 1.82) is 0 Å². The van der Waals surface area contributed by atoms with Crippen LogP contribution in [0.15, 0.2) is 23.1 Å². The summed E-state index contributed by atoms with van der Waals surface area (Å²) in [5.41, 5.74) is 9.95. The standard InChI is InChI=1S/C14H20N4O2S/c1-5-16-21(19,20)12-6-7-13(15)14(8-12)18-11(4)9(2)10(3)17-18/h6-8,16H,5,15H2,1-4H3. The maximum absolute atomic E-state index is 12.1. The normalized spacial score (nSPS) is 11.8. The average molecular weight is 308 g/mol. The number of rotatable bonds is 4. The van der Waals surface area contributed by atoms with Gasteiger partial charge in [-0.3, -0.25) is 0 Å². The van der Waals surface area contributed by atoms with Crippen LogP contribution in [0.5, 0.6) is 0 Å². The number of nitrogens with two attached hydrogens (primary N) is 1. The van der Waals surface area contributed by atoms with Crippen LogP contribution < -0.4 is 10.5 Å². The van der Waals surface area contributed by atoms with Gasteiger partial charge in [-0.1, -0.05) is 6.92 Å². The molecule has 0 fully saturated rings. The number of sulfonamides is 1. The molecule has 2 aromatic rings.